The maximum Gasteiger partial charge on any atom is 0.379 e. The van der Waals surface area contributed by atoms with Gasteiger partial charge in [0.2, 0.25) is 5.76 Å². The summed E-state index contributed by atoms with van der Waals surface area (Å²) in [5.74, 6) is 0.249. The molecule has 6 nitrogen and oxygen atoms in total. The van der Waals surface area contributed by atoms with E-state index in [1.807, 2.05) is 6.07 Å². The Bertz CT molecular complexity index is 1110. The SMILES string of the molecule is O=C(Oc1cccc(-c2nc3ccccc3c(=O)[nH]2)c1)c1ccco1. The fourth-order valence-corrected chi connectivity index (χ4v) is 2.48. The summed E-state index contributed by atoms with van der Waals surface area (Å²) in [5, 5.41) is 0.520. The molecule has 25 heavy (non-hydrogen) atoms. The molecule has 0 radical (unpaired) electrons. The zero-order chi connectivity index (χ0) is 17.2. The van der Waals surface area contributed by atoms with Crippen LogP contribution in [0.25, 0.3) is 22.3 Å². The lowest BCUT2D eigenvalue weighted by molar-refractivity contribution is 0.0701. The van der Waals surface area contributed by atoms with E-state index in [2.05, 4.69) is 9.97 Å². The number of nitrogens with zero attached hydrogens (tertiary/aromatic N) is 1. The van der Waals surface area contributed by atoms with Gasteiger partial charge in [0.15, 0.2) is 0 Å². The van der Waals surface area contributed by atoms with Crippen LogP contribution in [-0.2, 0) is 0 Å². The van der Waals surface area contributed by atoms with Crippen molar-refractivity contribution in [3.05, 3.63) is 83.0 Å². The minimum atomic E-state index is -0.595. The van der Waals surface area contributed by atoms with Gasteiger partial charge >= 0.3 is 5.97 Å². The molecule has 2 aromatic carbocycles. The van der Waals surface area contributed by atoms with E-state index in [0.29, 0.717) is 28.0 Å². The summed E-state index contributed by atoms with van der Waals surface area (Å²) in [5.41, 5.74) is 1.01. The van der Waals surface area contributed by atoms with Crippen molar-refractivity contribution in [2.75, 3.05) is 0 Å². The Kier molecular flexibility index (Phi) is 3.63. The summed E-state index contributed by atoms with van der Waals surface area (Å²) >= 11 is 0. The van der Waals surface area contributed by atoms with E-state index < -0.39 is 5.97 Å². The van der Waals surface area contributed by atoms with Crippen molar-refractivity contribution in [1.29, 1.82) is 0 Å². The standard InChI is InChI=1S/C19H12N2O4/c22-18-14-7-1-2-8-15(14)20-17(21-18)12-5-3-6-13(11-12)25-19(23)16-9-4-10-24-16/h1-11H,(H,20,21,22). The van der Waals surface area contributed by atoms with Gasteiger partial charge < -0.3 is 14.1 Å². The highest BCUT2D eigenvalue weighted by atomic mass is 16.5. The lowest BCUT2D eigenvalue weighted by Crippen LogP contribution is -2.10. The number of benzene rings is 2. The Morgan fingerprint density at radius 3 is 2.76 bits per heavy atom. The van der Waals surface area contributed by atoms with Gasteiger partial charge in [0.05, 0.1) is 17.2 Å². The molecule has 0 atom stereocenters. The molecule has 0 aliphatic rings. The fraction of sp³-hybridized carbons (Fsp3) is 0. The van der Waals surface area contributed by atoms with Gasteiger partial charge in [0, 0.05) is 5.56 Å². The van der Waals surface area contributed by atoms with Gasteiger partial charge in [-0.3, -0.25) is 4.79 Å². The van der Waals surface area contributed by atoms with E-state index in [9.17, 15) is 9.59 Å². The van der Waals surface area contributed by atoms with Gasteiger partial charge in [-0.25, -0.2) is 9.78 Å². The molecule has 0 bridgehead atoms. The van der Waals surface area contributed by atoms with Gasteiger partial charge in [0.1, 0.15) is 11.6 Å². The van der Waals surface area contributed by atoms with Crippen molar-refractivity contribution < 1.29 is 13.9 Å². The second-order valence-electron chi connectivity index (χ2n) is 5.33. The summed E-state index contributed by atoms with van der Waals surface area (Å²) in [4.78, 5) is 31.4. The molecule has 2 heterocycles. The molecule has 0 spiro atoms. The van der Waals surface area contributed by atoms with Gasteiger partial charge in [-0.05, 0) is 36.4 Å². The molecular formula is C19H12N2O4. The molecular weight excluding hydrogens is 320 g/mol. The largest absolute Gasteiger partial charge is 0.457 e. The van der Waals surface area contributed by atoms with Crippen LogP contribution >= 0.6 is 0 Å². The number of hydrogen-bond donors (Lipinski definition) is 1. The Balaban J connectivity index is 1.70. The van der Waals surface area contributed by atoms with Crippen LogP contribution < -0.4 is 10.3 Å². The number of esters is 1. The Labute approximate surface area is 141 Å². The predicted molar refractivity (Wildman–Crippen MR) is 91.5 cm³/mol. The van der Waals surface area contributed by atoms with Crippen LogP contribution in [0.4, 0.5) is 0 Å². The topological polar surface area (TPSA) is 85.2 Å². The molecule has 0 aliphatic heterocycles. The van der Waals surface area contributed by atoms with E-state index in [1.54, 1.807) is 48.5 Å². The molecule has 0 fully saturated rings. The van der Waals surface area contributed by atoms with Crippen molar-refractivity contribution in [3.8, 4) is 17.1 Å². The first-order valence-electron chi connectivity index (χ1n) is 7.56. The summed E-state index contributed by atoms with van der Waals surface area (Å²) < 4.78 is 10.3. The van der Waals surface area contributed by atoms with Crippen LogP contribution in [0.3, 0.4) is 0 Å². The van der Waals surface area contributed by atoms with Crippen molar-refractivity contribution in [2.45, 2.75) is 0 Å². The van der Waals surface area contributed by atoms with Gasteiger partial charge in [-0.2, -0.15) is 0 Å². The number of aromatic amines is 1. The highest BCUT2D eigenvalue weighted by Gasteiger charge is 2.12. The zero-order valence-electron chi connectivity index (χ0n) is 12.9. The van der Waals surface area contributed by atoms with E-state index in [-0.39, 0.29) is 11.3 Å². The molecule has 0 unspecified atom stereocenters. The van der Waals surface area contributed by atoms with E-state index in [4.69, 9.17) is 9.15 Å². The monoisotopic (exact) mass is 332 g/mol. The molecule has 4 aromatic rings. The number of rotatable bonds is 3. The number of carbonyl (C=O) groups is 1. The average molecular weight is 332 g/mol. The van der Waals surface area contributed by atoms with Crippen LogP contribution in [0.15, 0.2) is 76.1 Å². The Morgan fingerprint density at radius 2 is 1.92 bits per heavy atom. The van der Waals surface area contributed by atoms with Crippen LogP contribution in [0.5, 0.6) is 5.75 Å². The number of fused-ring (bicyclic) bond motifs is 1. The second kappa shape index (κ2) is 6.09. The first-order chi connectivity index (χ1) is 12.2. The highest BCUT2D eigenvalue weighted by Crippen LogP contribution is 2.22. The number of carbonyl (C=O) groups excluding carboxylic acids is 1. The van der Waals surface area contributed by atoms with Gasteiger partial charge in [-0.15, -0.1) is 0 Å². The van der Waals surface area contributed by atoms with Crippen LogP contribution in [0, 0.1) is 0 Å². The predicted octanol–water partition coefficient (Wildman–Crippen LogP) is 3.40. The maximum atomic E-state index is 12.2. The van der Waals surface area contributed by atoms with E-state index in [0.717, 1.165) is 0 Å². The minimum absolute atomic E-state index is 0.114. The second-order valence-corrected chi connectivity index (χ2v) is 5.33. The molecule has 0 saturated carbocycles. The molecule has 4 rings (SSSR count). The number of aromatic nitrogens is 2. The third-order valence-corrected chi connectivity index (χ3v) is 3.65. The average Bonchev–Trinajstić information content (AvgIpc) is 3.17. The summed E-state index contributed by atoms with van der Waals surface area (Å²) in [6, 6.07) is 17.0. The third-order valence-electron chi connectivity index (χ3n) is 3.65. The maximum absolute atomic E-state index is 12.2. The van der Waals surface area contributed by atoms with E-state index >= 15 is 0 Å². The lowest BCUT2D eigenvalue weighted by atomic mass is 10.2. The van der Waals surface area contributed by atoms with Gasteiger partial charge in [0.25, 0.3) is 5.56 Å². The molecule has 2 aromatic heterocycles. The number of hydrogen-bond acceptors (Lipinski definition) is 5. The number of ether oxygens (including phenoxy) is 1. The van der Waals surface area contributed by atoms with Crippen molar-refractivity contribution in [3.63, 3.8) is 0 Å². The normalized spacial score (nSPS) is 10.7. The van der Waals surface area contributed by atoms with Crippen LogP contribution in [0.1, 0.15) is 10.6 Å². The zero-order valence-corrected chi connectivity index (χ0v) is 12.9. The third kappa shape index (κ3) is 2.92. The minimum Gasteiger partial charge on any atom is -0.457 e. The quantitative estimate of drug-likeness (QED) is 0.459. The number of para-hydroxylation sites is 1. The molecule has 122 valence electrons. The number of H-pyrrole nitrogens is 1. The first-order valence-corrected chi connectivity index (χ1v) is 7.56. The lowest BCUT2D eigenvalue weighted by Gasteiger charge is -2.06. The summed E-state index contributed by atoms with van der Waals surface area (Å²) in [6.45, 7) is 0. The van der Waals surface area contributed by atoms with Crippen molar-refractivity contribution >= 4 is 16.9 Å². The molecule has 1 N–H and O–H groups in total. The fourth-order valence-electron chi connectivity index (χ4n) is 2.48. The van der Waals surface area contributed by atoms with Crippen molar-refractivity contribution in [1.82, 2.24) is 9.97 Å². The number of nitrogens with one attached hydrogen (secondary N) is 1. The van der Waals surface area contributed by atoms with Crippen molar-refractivity contribution in [2.24, 2.45) is 0 Å². The summed E-state index contributed by atoms with van der Waals surface area (Å²) in [7, 11) is 0. The highest BCUT2D eigenvalue weighted by molar-refractivity contribution is 5.88. The number of furan rings is 1. The van der Waals surface area contributed by atoms with Gasteiger partial charge in [-0.1, -0.05) is 24.3 Å². The Hall–Kier alpha value is -3.67. The molecule has 0 aliphatic carbocycles. The van der Waals surface area contributed by atoms with Crippen LogP contribution in [-0.4, -0.2) is 15.9 Å². The summed E-state index contributed by atoms with van der Waals surface area (Å²) in [6.07, 6.45) is 1.40. The van der Waals surface area contributed by atoms with E-state index in [1.165, 1.54) is 12.3 Å². The smallest absolute Gasteiger partial charge is 0.379 e. The molecule has 0 saturated heterocycles. The first kappa shape index (κ1) is 14.9. The molecule has 0 amide bonds. The van der Waals surface area contributed by atoms with Crippen LogP contribution in [0.2, 0.25) is 0 Å². The molecule has 6 heteroatoms. The Morgan fingerprint density at radius 1 is 1.04 bits per heavy atom.